The highest BCUT2D eigenvalue weighted by Crippen LogP contribution is 2.20. The molecule has 0 bridgehead atoms. The second-order valence-corrected chi connectivity index (χ2v) is 4.06. The first-order valence-electron chi connectivity index (χ1n) is 5.26. The SMILES string of the molecule is Cc1c(Cl)nnc(NCCc2ncn[nH]2)c1C. The van der Waals surface area contributed by atoms with Crippen molar-refractivity contribution in [1.82, 2.24) is 25.4 Å². The molecule has 90 valence electrons. The highest BCUT2D eigenvalue weighted by molar-refractivity contribution is 6.30. The molecular weight excluding hydrogens is 240 g/mol. The molecule has 0 aromatic carbocycles. The highest BCUT2D eigenvalue weighted by atomic mass is 35.5. The molecule has 0 atom stereocenters. The summed E-state index contributed by atoms with van der Waals surface area (Å²) in [6.45, 7) is 4.60. The Kier molecular flexibility index (Phi) is 3.53. The van der Waals surface area contributed by atoms with Crippen LogP contribution in [0.3, 0.4) is 0 Å². The van der Waals surface area contributed by atoms with Gasteiger partial charge in [0.05, 0.1) is 0 Å². The van der Waals surface area contributed by atoms with Gasteiger partial charge >= 0.3 is 0 Å². The van der Waals surface area contributed by atoms with E-state index in [1.807, 2.05) is 13.8 Å². The highest BCUT2D eigenvalue weighted by Gasteiger charge is 2.07. The second kappa shape index (κ2) is 5.09. The molecule has 0 aliphatic rings. The van der Waals surface area contributed by atoms with Crippen LogP contribution in [0.4, 0.5) is 5.82 Å². The maximum Gasteiger partial charge on any atom is 0.155 e. The third kappa shape index (κ3) is 2.71. The average Bonchev–Trinajstić information content (AvgIpc) is 2.82. The summed E-state index contributed by atoms with van der Waals surface area (Å²) in [5.41, 5.74) is 1.96. The molecule has 0 unspecified atom stereocenters. The molecular formula is C10H13ClN6. The van der Waals surface area contributed by atoms with Gasteiger partial charge in [-0.05, 0) is 25.0 Å². The molecule has 2 aromatic heterocycles. The number of aromatic amines is 1. The summed E-state index contributed by atoms with van der Waals surface area (Å²) in [5.74, 6) is 1.60. The number of H-pyrrole nitrogens is 1. The molecule has 0 saturated carbocycles. The summed E-state index contributed by atoms with van der Waals surface area (Å²) in [6, 6.07) is 0. The van der Waals surface area contributed by atoms with Crippen molar-refractivity contribution in [3.05, 3.63) is 28.4 Å². The Labute approximate surface area is 104 Å². The van der Waals surface area contributed by atoms with E-state index in [0.717, 1.165) is 29.2 Å². The van der Waals surface area contributed by atoms with E-state index >= 15 is 0 Å². The van der Waals surface area contributed by atoms with Crippen LogP contribution in [0.15, 0.2) is 6.33 Å². The lowest BCUT2D eigenvalue weighted by Gasteiger charge is -2.09. The zero-order valence-electron chi connectivity index (χ0n) is 9.66. The summed E-state index contributed by atoms with van der Waals surface area (Å²) in [4.78, 5) is 4.04. The van der Waals surface area contributed by atoms with Crippen LogP contribution in [0, 0.1) is 13.8 Å². The monoisotopic (exact) mass is 252 g/mol. The predicted octanol–water partition coefficient (Wildman–Crippen LogP) is 1.52. The van der Waals surface area contributed by atoms with Crippen molar-refractivity contribution in [2.75, 3.05) is 11.9 Å². The largest absolute Gasteiger partial charge is 0.368 e. The number of rotatable bonds is 4. The van der Waals surface area contributed by atoms with Crippen LogP contribution in [0.25, 0.3) is 0 Å². The van der Waals surface area contributed by atoms with Crippen LogP contribution in [0.1, 0.15) is 17.0 Å². The molecule has 0 aliphatic heterocycles. The molecule has 0 saturated heterocycles. The summed E-state index contributed by atoms with van der Waals surface area (Å²) < 4.78 is 0. The average molecular weight is 253 g/mol. The van der Waals surface area contributed by atoms with Crippen LogP contribution >= 0.6 is 11.6 Å². The Morgan fingerprint density at radius 1 is 1.29 bits per heavy atom. The van der Waals surface area contributed by atoms with Crippen molar-refractivity contribution < 1.29 is 0 Å². The number of aromatic nitrogens is 5. The number of hydrogen-bond acceptors (Lipinski definition) is 5. The van der Waals surface area contributed by atoms with Crippen molar-refractivity contribution in [2.45, 2.75) is 20.3 Å². The molecule has 2 aromatic rings. The van der Waals surface area contributed by atoms with Gasteiger partial charge in [-0.2, -0.15) is 5.10 Å². The van der Waals surface area contributed by atoms with Crippen molar-refractivity contribution in [3.8, 4) is 0 Å². The zero-order chi connectivity index (χ0) is 12.3. The Morgan fingerprint density at radius 3 is 2.82 bits per heavy atom. The second-order valence-electron chi connectivity index (χ2n) is 3.70. The minimum absolute atomic E-state index is 0.447. The third-order valence-corrected chi connectivity index (χ3v) is 2.94. The minimum atomic E-state index is 0.447. The Bertz CT molecular complexity index is 496. The lowest BCUT2D eigenvalue weighted by molar-refractivity contribution is 0.885. The van der Waals surface area contributed by atoms with E-state index in [1.54, 1.807) is 0 Å². The van der Waals surface area contributed by atoms with E-state index in [4.69, 9.17) is 11.6 Å². The summed E-state index contributed by atoms with van der Waals surface area (Å²) in [6.07, 6.45) is 2.25. The van der Waals surface area contributed by atoms with E-state index in [2.05, 4.69) is 30.7 Å². The normalized spacial score (nSPS) is 10.5. The van der Waals surface area contributed by atoms with Gasteiger partial charge in [-0.1, -0.05) is 11.6 Å². The molecule has 17 heavy (non-hydrogen) atoms. The number of nitrogens with one attached hydrogen (secondary N) is 2. The summed E-state index contributed by atoms with van der Waals surface area (Å²) in [7, 11) is 0. The Morgan fingerprint density at radius 2 is 2.12 bits per heavy atom. The van der Waals surface area contributed by atoms with Crippen molar-refractivity contribution in [3.63, 3.8) is 0 Å². The van der Waals surface area contributed by atoms with Gasteiger partial charge in [-0.15, -0.1) is 10.2 Å². The van der Waals surface area contributed by atoms with E-state index in [1.165, 1.54) is 6.33 Å². The Hall–Kier alpha value is -1.69. The predicted molar refractivity (Wildman–Crippen MR) is 65.1 cm³/mol. The van der Waals surface area contributed by atoms with E-state index in [9.17, 15) is 0 Å². The van der Waals surface area contributed by atoms with Crippen LogP contribution in [-0.4, -0.2) is 31.9 Å². The standard InChI is InChI=1S/C10H13ClN6/c1-6-7(2)10(17-16-9(6)11)12-4-3-8-13-5-14-15-8/h5H,3-4H2,1-2H3,(H,12,17)(H,13,14,15). The fourth-order valence-corrected chi connectivity index (χ4v) is 1.57. The molecule has 2 heterocycles. The lowest BCUT2D eigenvalue weighted by Crippen LogP contribution is -2.10. The first-order chi connectivity index (χ1) is 8.18. The van der Waals surface area contributed by atoms with Crippen LogP contribution in [0.2, 0.25) is 5.15 Å². The quantitative estimate of drug-likeness (QED) is 0.863. The summed E-state index contributed by atoms with van der Waals surface area (Å²) in [5, 5.41) is 18.1. The van der Waals surface area contributed by atoms with Gasteiger partial charge < -0.3 is 5.32 Å². The van der Waals surface area contributed by atoms with Gasteiger partial charge in [0.15, 0.2) is 11.0 Å². The number of hydrogen-bond donors (Lipinski definition) is 2. The topological polar surface area (TPSA) is 79.4 Å². The van der Waals surface area contributed by atoms with Gasteiger partial charge in [0.2, 0.25) is 0 Å². The van der Waals surface area contributed by atoms with Crippen molar-refractivity contribution in [1.29, 1.82) is 0 Å². The molecule has 0 fully saturated rings. The molecule has 6 nitrogen and oxygen atoms in total. The zero-order valence-corrected chi connectivity index (χ0v) is 10.4. The minimum Gasteiger partial charge on any atom is -0.368 e. The molecule has 0 aliphatic carbocycles. The van der Waals surface area contributed by atoms with Gasteiger partial charge in [0.25, 0.3) is 0 Å². The number of halogens is 1. The number of nitrogens with zero attached hydrogens (tertiary/aromatic N) is 4. The van der Waals surface area contributed by atoms with E-state index in [-0.39, 0.29) is 0 Å². The van der Waals surface area contributed by atoms with Gasteiger partial charge in [0, 0.05) is 13.0 Å². The fraction of sp³-hybridized carbons (Fsp3) is 0.400. The Balaban J connectivity index is 1.97. The van der Waals surface area contributed by atoms with Crippen molar-refractivity contribution in [2.24, 2.45) is 0 Å². The van der Waals surface area contributed by atoms with Crippen LogP contribution in [0.5, 0.6) is 0 Å². The van der Waals surface area contributed by atoms with Crippen LogP contribution in [-0.2, 0) is 6.42 Å². The van der Waals surface area contributed by atoms with Crippen molar-refractivity contribution >= 4 is 17.4 Å². The smallest absolute Gasteiger partial charge is 0.155 e. The van der Waals surface area contributed by atoms with Crippen LogP contribution < -0.4 is 5.32 Å². The molecule has 7 heteroatoms. The first-order valence-corrected chi connectivity index (χ1v) is 5.63. The van der Waals surface area contributed by atoms with E-state index < -0.39 is 0 Å². The molecule has 2 N–H and O–H groups in total. The first kappa shape index (κ1) is 11.8. The fourth-order valence-electron chi connectivity index (χ4n) is 1.39. The van der Waals surface area contributed by atoms with Gasteiger partial charge in [-0.25, -0.2) is 4.98 Å². The molecule has 0 spiro atoms. The maximum atomic E-state index is 5.88. The third-order valence-electron chi connectivity index (χ3n) is 2.58. The lowest BCUT2D eigenvalue weighted by atomic mass is 10.2. The van der Waals surface area contributed by atoms with Gasteiger partial charge in [-0.3, -0.25) is 5.10 Å². The number of anilines is 1. The molecule has 0 amide bonds. The maximum absolute atomic E-state index is 5.88. The van der Waals surface area contributed by atoms with E-state index in [0.29, 0.717) is 11.7 Å². The molecule has 2 rings (SSSR count). The van der Waals surface area contributed by atoms with Gasteiger partial charge in [0.1, 0.15) is 12.2 Å². The molecule has 0 radical (unpaired) electrons. The summed E-state index contributed by atoms with van der Waals surface area (Å²) >= 11 is 5.88.